The molecule has 0 aliphatic rings. The van der Waals surface area contributed by atoms with E-state index >= 15 is 0 Å². The maximum absolute atomic E-state index is 11.9. The summed E-state index contributed by atoms with van der Waals surface area (Å²) in [6.07, 6.45) is 10.5. The molecule has 2 N–H and O–H groups in total. The van der Waals surface area contributed by atoms with Crippen LogP contribution in [0.25, 0.3) is 12.2 Å². The fraction of sp³-hybridized carbons (Fsp3) is 0.294. The summed E-state index contributed by atoms with van der Waals surface area (Å²) in [5.74, 6) is 1.24. The smallest absolute Gasteiger partial charge is 0.232 e. The molecule has 0 atom stereocenters. The van der Waals surface area contributed by atoms with Crippen molar-refractivity contribution in [3.63, 3.8) is 0 Å². The van der Waals surface area contributed by atoms with Gasteiger partial charge in [0.1, 0.15) is 5.76 Å². The normalized spacial score (nSPS) is 12.0. The third kappa shape index (κ3) is 4.63. The molecule has 3 rings (SSSR count). The summed E-state index contributed by atoms with van der Waals surface area (Å²) in [6.45, 7) is 6.22. The van der Waals surface area contributed by atoms with E-state index in [1.54, 1.807) is 31.0 Å². The zero-order valence-corrected chi connectivity index (χ0v) is 15.1. The van der Waals surface area contributed by atoms with Gasteiger partial charge >= 0.3 is 0 Å². The van der Waals surface area contributed by atoms with Crippen molar-refractivity contribution in [2.45, 2.75) is 32.6 Å². The topological polar surface area (TPSA) is 96.7 Å². The summed E-state index contributed by atoms with van der Waals surface area (Å²) in [5.41, 5.74) is 0.683. The summed E-state index contributed by atoms with van der Waals surface area (Å²) in [5, 5.41) is 3.32. The number of hydrogen-bond donors (Lipinski definition) is 2. The second kappa shape index (κ2) is 7.02. The molecule has 25 heavy (non-hydrogen) atoms. The maximum atomic E-state index is 11.9. The second-order valence-electron chi connectivity index (χ2n) is 6.52. The number of hydrogen-bond acceptors (Lipinski definition) is 6. The van der Waals surface area contributed by atoms with Crippen molar-refractivity contribution in [1.29, 1.82) is 0 Å². The number of imidazole rings is 1. The standard InChI is InChI=1S/C17H19N5O2S/c1-17(2,3)13-9-19-15(24-13)5-4-12-8-20-16(25-12)22-14(23)6-11-7-18-10-21-11/h4-5,7-10H,6H2,1-3H3,(H,18,21)(H,20,22,23)/b5-4+. The van der Waals surface area contributed by atoms with E-state index in [1.807, 2.05) is 6.08 Å². The lowest BCUT2D eigenvalue weighted by Crippen LogP contribution is -2.14. The molecule has 0 fully saturated rings. The molecule has 7 nitrogen and oxygen atoms in total. The molecule has 0 aromatic carbocycles. The molecular formula is C17H19N5O2S. The van der Waals surface area contributed by atoms with Crippen molar-refractivity contribution in [1.82, 2.24) is 19.9 Å². The molecular weight excluding hydrogens is 338 g/mol. The number of oxazole rings is 1. The van der Waals surface area contributed by atoms with E-state index in [2.05, 4.69) is 46.0 Å². The van der Waals surface area contributed by atoms with Gasteiger partial charge in [0.15, 0.2) is 5.13 Å². The lowest BCUT2D eigenvalue weighted by molar-refractivity contribution is -0.115. The van der Waals surface area contributed by atoms with E-state index in [9.17, 15) is 4.79 Å². The Balaban J connectivity index is 1.59. The Morgan fingerprint density at radius 2 is 2.12 bits per heavy atom. The van der Waals surface area contributed by atoms with Gasteiger partial charge in [-0.25, -0.2) is 15.0 Å². The summed E-state index contributed by atoms with van der Waals surface area (Å²) in [6, 6.07) is 0. The summed E-state index contributed by atoms with van der Waals surface area (Å²) in [4.78, 5) is 28.0. The first kappa shape index (κ1) is 17.1. The van der Waals surface area contributed by atoms with Gasteiger partial charge in [-0.15, -0.1) is 0 Å². The van der Waals surface area contributed by atoms with Gasteiger partial charge in [-0.05, 0) is 6.08 Å². The van der Waals surface area contributed by atoms with Crippen LogP contribution < -0.4 is 5.32 Å². The number of nitrogens with zero attached hydrogens (tertiary/aromatic N) is 3. The Bertz CT molecular complexity index is 871. The highest BCUT2D eigenvalue weighted by molar-refractivity contribution is 7.16. The lowest BCUT2D eigenvalue weighted by Gasteiger charge is -2.12. The van der Waals surface area contributed by atoms with Gasteiger partial charge in [-0.3, -0.25) is 4.79 Å². The van der Waals surface area contributed by atoms with Crippen molar-refractivity contribution >= 4 is 34.5 Å². The van der Waals surface area contributed by atoms with Gasteiger partial charge in [0.2, 0.25) is 11.8 Å². The van der Waals surface area contributed by atoms with Crippen LogP contribution in [0.2, 0.25) is 0 Å². The number of thiazole rings is 1. The Hall–Kier alpha value is -2.74. The molecule has 0 aliphatic heterocycles. The monoisotopic (exact) mass is 357 g/mol. The molecule has 0 saturated heterocycles. The minimum absolute atomic E-state index is 0.0737. The van der Waals surface area contributed by atoms with E-state index in [0.29, 0.717) is 11.0 Å². The summed E-state index contributed by atoms with van der Waals surface area (Å²) < 4.78 is 5.71. The molecule has 3 heterocycles. The van der Waals surface area contributed by atoms with Crippen LogP contribution >= 0.6 is 11.3 Å². The molecule has 0 saturated carbocycles. The number of anilines is 1. The third-order valence-corrected chi connectivity index (χ3v) is 4.21. The summed E-state index contributed by atoms with van der Waals surface area (Å²) >= 11 is 1.38. The lowest BCUT2D eigenvalue weighted by atomic mass is 9.94. The Labute approximate surface area is 149 Å². The highest BCUT2D eigenvalue weighted by atomic mass is 32.1. The van der Waals surface area contributed by atoms with Crippen molar-refractivity contribution < 1.29 is 9.21 Å². The fourth-order valence-electron chi connectivity index (χ4n) is 2.00. The van der Waals surface area contributed by atoms with Gasteiger partial charge < -0.3 is 14.7 Å². The van der Waals surface area contributed by atoms with E-state index in [4.69, 9.17) is 4.42 Å². The van der Waals surface area contributed by atoms with Crippen LogP contribution in [-0.4, -0.2) is 25.8 Å². The van der Waals surface area contributed by atoms with Crippen LogP contribution in [0.1, 0.15) is 43.0 Å². The number of carbonyl (C=O) groups is 1. The number of carbonyl (C=O) groups excluding carboxylic acids is 1. The van der Waals surface area contributed by atoms with Crippen molar-refractivity contribution in [3.8, 4) is 0 Å². The molecule has 0 bridgehead atoms. The summed E-state index contributed by atoms with van der Waals surface area (Å²) in [7, 11) is 0. The quantitative estimate of drug-likeness (QED) is 0.728. The van der Waals surface area contributed by atoms with Crippen LogP contribution in [0.5, 0.6) is 0 Å². The maximum Gasteiger partial charge on any atom is 0.232 e. The van der Waals surface area contributed by atoms with Crippen LogP contribution in [0.3, 0.4) is 0 Å². The van der Waals surface area contributed by atoms with E-state index < -0.39 is 0 Å². The van der Waals surface area contributed by atoms with Crippen molar-refractivity contribution in [3.05, 3.63) is 47.1 Å². The molecule has 3 aromatic rings. The first-order valence-electron chi connectivity index (χ1n) is 7.77. The average Bonchev–Trinajstić information content (AvgIpc) is 3.25. The highest BCUT2D eigenvalue weighted by Crippen LogP contribution is 2.24. The number of rotatable bonds is 5. The molecule has 0 aliphatic carbocycles. The first-order valence-corrected chi connectivity index (χ1v) is 8.59. The Morgan fingerprint density at radius 1 is 1.28 bits per heavy atom. The number of aromatic amines is 1. The van der Waals surface area contributed by atoms with E-state index in [1.165, 1.54) is 11.3 Å². The second-order valence-corrected chi connectivity index (χ2v) is 7.58. The third-order valence-electron chi connectivity index (χ3n) is 3.33. The van der Waals surface area contributed by atoms with Crippen LogP contribution in [0, 0.1) is 0 Å². The number of aromatic nitrogens is 4. The number of H-pyrrole nitrogens is 1. The SMILES string of the molecule is CC(C)(C)c1cnc(/C=C/c2cnc(NC(=O)Cc3cnc[nH]3)s2)o1. The molecule has 3 aromatic heterocycles. The predicted octanol–water partition coefficient (Wildman–Crippen LogP) is 3.50. The minimum Gasteiger partial charge on any atom is -0.441 e. The number of amides is 1. The highest BCUT2D eigenvalue weighted by Gasteiger charge is 2.18. The van der Waals surface area contributed by atoms with E-state index in [0.717, 1.165) is 16.3 Å². The van der Waals surface area contributed by atoms with Crippen LogP contribution in [0.15, 0.2) is 29.3 Å². The van der Waals surface area contributed by atoms with Crippen molar-refractivity contribution in [2.75, 3.05) is 5.32 Å². The van der Waals surface area contributed by atoms with Gasteiger partial charge in [0, 0.05) is 34.5 Å². The van der Waals surface area contributed by atoms with Gasteiger partial charge in [0.05, 0.1) is 18.9 Å². The average molecular weight is 357 g/mol. The van der Waals surface area contributed by atoms with Crippen LogP contribution in [0.4, 0.5) is 5.13 Å². The van der Waals surface area contributed by atoms with Crippen LogP contribution in [-0.2, 0) is 16.6 Å². The molecule has 0 unspecified atom stereocenters. The minimum atomic E-state index is -0.142. The Morgan fingerprint density at radius 3 is 2.80 bits per heavy atom. The van der Waals surface area contributed by atoms with Gasteiger partial charge in [-0.1, -0.05) is 32.1 Å². The number of nitrogens with one attached hydrogen (secondary N) is 2. The fourth-order valence-corrected chi connectivity index (χ4v) is 2.74. The molecule has 130 valence electrons. The van der Waals surface area contributed by atoms with E-state index in [-0.39, 0.29) is 17.7 Å². The van der Waals surface area contributed by atoms with Crippen molar-refractivity contribution in [2.24, 2.45) is 0 Å². The Kier molecular flexibility index (Phi) is 4.80. The predicted molar refractivity (Wildman–Crippen MR) is 97.2 cm³/mol. The molecule has 0 spiro atoms. The molecule has 8 heteroatoms. The first-order chi connectivity index (χ1) is 11.9. The van der Waals surface area contributed by atoms with Gasteiger partial charge in [0.25, 0.3) is 0 Å². The van der Waals surface area contributed by atoms with Gasteiger partial charge in [-0.2, -0.15) is 0 Å². The largest absolute Gasteiger partial charge is 0.441 e. The zero-order valence-electron chi connectivity index (χ0n) is 14.2. The molecule has 0 radical (unpaired) electrons. The zero-order chi connectivity index (χ0) is 17.9. The molecule has 1 amide bonds.